The van der Waals surface area contributed by atoms with Crippen molar-refractivity contribution in [1.29, 1.82) is 0 Å². The predicted octanol–water partition coefficient (Wildman–Crippen LogP) is 1.94. The molecule has 1 aliphatic carbocycles. The molecule has 1 aromatic heterocycles. The van der Waals surface area contributed by atoms with Gasteiger partial charge < -0.3 is 10.4 Å². The van der Waals surface area contributed by atoms with Gasteiger partial charge >= 0.3 is 0 Å². The van der Waals surface area contributed by atoms with Crippen LogP contribution in [0.15, 0.2) is 36.7 Å². The fourth-order valence-electron chi connectivity index (χ4n) is 3.08. The lowest BCUT2D eigenvalue weighted by molar-refractivity contribution is 0.00190. The molecular weight excluding hydrogens is 292 g/mol. The number of nitrogens with zero attached hydrogens (tertiary/aromatic N) is 3. The van der Waals surface area contributed by atoms with Crippen LogP contribution in [0.2, 0.25) is 0 Å². The fraction of sp³-hybridized carbons (Fsp3) is 0.471. The second kappa shape index (κ2) is 6.50. The molecule has 0 spiro atoms. The third-order valence-electron chi connectivity index (χ3n) is 4.75. The predicted molar refractivity (Wildman–Crippen MR) is 86.3 cm³/mol. The van der Waals surface area contributed by atoms with Gasteiger partial charge in [-0.1, -0.05) is 25.0 Å². The minimum atomic E-state index is -0.341. The average Bonchev–Trinajstić information content (AvgIpc) is 3.10. The highest BCUT2D eigenvalue weighted by atomic mass is 16.3. The summed E-state index contributed by atoms with van der Waals surface area (Å²) < 4.78 is 1.64. The van der Waals surface area contributed by atoms with E-state index in [-0.39, 0.29) is 17.4 Å². The van der Waals surface area contributed by atoms with E-state index < -0.39 is 0 Å². The summed E-state index contributed by atoms with van der Waals surface area (Å²) in [5.74, 6) is -0.117. The van der Waals surface area contributed by atoms with Gasteiger partial charge in [0, 0.05) is 17.5 Å². The van der Waals surface area contributed by atoms with E-state index in [1.807, 2.05) is 19.1 Å². The Hall–Kier alpha value is -2.21. The van der Waals surface area contributed by atoms with Crippen molar-refractivity contribution in [3.63, 3.8) is 0 Å². The van der Waals surface area contributed by atoms with Crippen molar-refractivity contribution in [3.8, 4) is 5.69 Å². The highest BCUT2D eigenvalue weighted by Crippen LogP contribution is 2.35. The van der Waals surface area contributed by atoms with Crippen molar-refractivity contribution in [2.24, 2.45) is 5.41 Å². The molecule has 6 heteroatoms. The largest absolute Gasteiger partial charge is 0.392 e. The second-order valence-electron chi connectivity index (χ2n) is 6.49. The van der Waals surface area contributed by atoms with Crippen LogP contribution in [0.1, 0.15) is 43.0 Å². The molecule has 2 N–H and O–H groups in total. The quantitative estimate of drug-likeness (QED) is 0.904. The average molecular weight is 314 g/mol. The molecule has 1 aromatic carbocycles. The fourth-order valence-corrected chi connectivity index (χ4v) is 3.08. The maximum Gasteiger partial charge on any atom is 0.251 e. The molecule has 1 aliphatic rings. The monoisotopic (exact) mass is 314 g/mol. The highest BCUT2D eigenvalue weighted by Gasteiger charge is 2.35. The Morgan fingerprint density at radius 2 is 2.17 bits per heavy atom. The van der Waals surface area contributed by atoms with Crippen LogP contribution in [-0.4, -0.2) is 38.7 Å². The number of rotatable bonds is 4. The molecule has 23 heavy (non-hydrogen) atoms. The maximum atomic E-state index is 12.3. The summed E-state index contributed by atoms with van der Waals surface area (Å²) in [5, 5.41) is 20.8. The normalized spacial score (nSPS) is 24.3. The molecule has 0 aliphatic heterocycles. The molecule has 1 saturated carbocycles. The minimum Gasteiger partial charge on any atom is -0.392 e. The number of amides is 1. The molecule has 3 rings (SSSR count). The molecular formula is C17H22N4O2. The van der Waals surface area contributed by atoms with E-state index in [4.69, 9.17) is 0 Å². The first kappa shape index (κ1) is 15.7. The van der Waals surface area contributed by atoms with Crippen LogP contribution in [0, 0.1) is 5.41 Å². The van der Waals surface area contributed by atoms with Gasteiger partial charge in [0.2, 0.25) is 0 Å². The van der Waals surface area contributed by atoms with E-state index >= 15 is 0 Å². The Bertz CT molecular complexity index is 654. The zero-order chi connectivity index (χ0) is 16.3. The zero-order valence-corrected chi connectivity index (χ0v) is 13.3. The van der Waals surface area contributed by atoms with E-state index in [0.29, 0.717) is 12.1 Å². The van der Waals surface area contributed by atoms with E-state index in [1.54, 1.807) is 29.2 Å². The van der Waals surface area contributed by atoms with Gasteiger partial charge in [0.1, 0.15) is 0 Å². The minimum absolute atomic E-state index is 0.117. The number of hydrogen-bond acceptors (Lipinski definition) is 4. The second-order valence-corrected chi connectivity index (χ2v) is 6.49. The van der Waals surface area contributed by atoms with E-state index in [1.165, 1.54) is 0 Å². The summed E-state index contributed by atoms with van der Waals surface area (Å²) in [7, 11) is 0. The third kappa shape index (κ3) is 3.42. The lowest BCUT2D eigenvalue weighted by Gasteiger charge is -2.38. The molecule has 1 fully saturated rings. The van der Waals surface area contributed by atoms with Crippen molar-refractivity contribution in [1.82, 2.24) is 20.3 Å². The number of hydrogen-bond donors (Lipinski definition) is 2. The number of aliphatic hydroxyl groups excluding tert-OH is 1. The molecule has 1 heterocycles. The molecule has 2 unspecified atom stereocenters. The molecule has 2 atom stereocenters. The molecule has 0 radical (unpaired) electrons. The lowest BCUT2D eigenvalue weighted by atomic mass is 9.73. The first-order valence-corrected chi connectivity index (χ1v) is 8.01. The first-order valence-electron chi connectivity index (χ1n) is 8.01. The van der Waals surface area contributed by atoms with Gasteiger partial charge in [0.15, 0.2) is 0 Å². The van der Waals surface area contributed by atoms with Crippen molar-refractivity contribution in [3.05, 3.63) is 42.2 Å². The highest BCUT2D eigenvalue weighted by molar-refractivity contribution is 5.94. The smallest absolute Gasteiger partial charge is 0.251 e. The molecule has 1 amide bonds. The van der Waals surface area contributed by atoms with Gasteiger partial charge in [-0.25, -0.2) is 4.68 Å². The number of carbonyl (C=O) groups is 1. The summed E-state index contributed by atoms with van der Waals surface area (Å²) in [6.45, 7) is 2.54. The number of aromatic nitrogens is 3. The number of benzene rings is 1. The van der Waals surface area contributed by atoms with Crippen LogP contribution >= 0.6 is 0 Å². The molecule has 2 aromatic rings. The van der Waals surface area contributed by atoms with Gasteiger partial charge in [-0.05, 0) is 37.1 Å². The summed E-state index contributed by atoms with van der Waals surface area (Å²) >= 11 is 0. The third-order valence-corrected chi connectivity index (χ3v) is 4.75. The van der Waals surface area contributed by atoms with Crippen LogP contribution in [0.3, 0.4) is 0 Å². The summed E-state index contributed by atoms with van der Waals surface area (Å²) in [6.07, 6.45) is 6.95. The molecule has 6 nitrogen and oxygen atoms in total. The maximum absolute atomic E-state index is 12.3. The molecule has 0 saturated heterocycles. The van der Waals surface area contributed by atoms with Crippen LogP contribution in [-0.2, 0) is 0 Å². The van der Waals surface area contributed by atoms with E-state index in [2.05, 4.69) is 15.6 Å². The Kier molecular flexibility index (Phi) is 4.43. The zero-order valence-electron chi connectivity index (χ0n) is 13.3. The lowest BCUT2D eigenvalue weighted by Crippen LogP contribution is -2.45. The van der Waals surface area contributed by atoms with E-state index in [0.717, 1.165) is 31.4 Å². The van der Waals surface area contributed by atoms with Crippen molar-refractivity contribution in [2.45, 2.75) is 38.7 Å². The van der Waals surface area contributed by atoms with Crippen LogP contribution < -0.4 is 5.32 Å². The Morgan fingerprint density at radius 1 is 1.39 bits per heavy atom. The summed E-state index contributed by atoms with van der Waals surface area (Å²) in [4.78, 5) is 12.3. The number of carbonyl (C=O) groups excluding carboxylic acids is 1. The number of nitrogens with one attached hydrogen (secondary N) is 1. The van der Waals surface area contributed by atoms with E-state index in [9.17, 15) is 9.90 Å². The molecule has 122 valence electrons. The van der Waals surface area contributed by atoms with Gasteiger partial charge in [0.05, 0.1) is 24.2 Å². The standard InChI is InChI=1S/C17H22N4O2/c1-17(9-3-2-4-15(17)22)12-18-16(23)13-5-7-14(8-6-13)21-11-10-19-20-21/h5-8,10-11,15,22H,2-4,9,12H2,1H3,(H,18,23). The van der Waals surface area contributed by atoms with Crippen molar-refractivity contribution in [2.75, 3.05) is 6.54 Å². The van der Waals surface area contributed by atoms with Crippen LogP contribution in [0.4, 0.5) is 0 Å². The summed E-state index contributed by atoms with van der Waals surface area (Å²) in [6, 6.07) is 7.21. The summed E-state index contributed by atoms with van der Waals surface area (Å²) in [5.41, 5.74) is 1.23. The topological polar surface area (TPSA) is 80.0 Å². The Morgan fingerprint density at radius 3 is 2.83 bits per heavy atom. The van der Waals surface area contributed by atoms with Gasteiger partial charge in [0.25, 0.3) is 5.91 Å². The number of aliphatic hydroxyl groups is 1. The Labute approximate surface area is 135 Å². The SMILES string of the molecule is CC1(CNC(=O)c2ccc(-n3ccnn3)cc2)CCCCC1O. The Balaban J connectivity index is 1.62. The van der Waals surface area contributed by atoms with Gasteiger partial charge in [-0.2, -0.15) is 0 Å². The van der Waals surface area contributed by atoms with Gasteiger partial charge in [-0.3, -0.25) is 4.79 Å². The van der Waals surface area contributed by atoms with Crippen molar-refractivity contribution < 1.29 is 9.90 Å². The van der Waals surface area contributed by atoms with Crippen molar-refractivity contribution >= 4 is 5.91 Å². The van der Waals surface area contributed by atoms with Crippen LogP contribution in [0.5, 0.6) is 0 Å². The first-order chi connectivity index (χ1) is 11.1. The van der Waals surface area contributed by atoms with Gasteiger partial charge in [-0.15, -0.1) is 5.10 Å². The van der Waals surface area contributed by atoms with Crippen LogP contribution in [0.25, 0.3) is 5.69 Å². The molecule has 0 bridgehead atoms.